The fraction of sp³-hybridized carbons (Fsp3) is 0.267. The molecule has 0 amide bonds. The molecule has 16 heavy (non-hydrogen) atoms. The van der Waals surface area contributed by atoms with Crippen LogP contribution in [0.5, 0.6) is 0 Å². The third kappa shape index (κ3) is 1.85. The highest BCUT2D eigenvalue weighted by molar-refractivity contribution is 5.91. The molecule has 0 atom stereocenters. The first-order chi connectivity index (χ1) is 7.52. The molecule has 0 unspecified atom stereocenters. The molecule has 0 spiro atoms. The van der Waals surface area contributed by atoms with Gasteiger partial charge in [0.2, 0.25) is 0 Å². The summed E-state index contributed by atoms with van der Waals surface area (Å²) in [7, 11) is 0. The molecule has 0 aliphatic heterocycles. The van der Waals surface area contributed by atoms with Gasteiger partial charge >= 0.3 is 0 Å². The largest absolute Gasteiger partial charge is 0.298 e. The van der Waals surface area contributed by atoms with Crippen LogP contribution in [0.1, 0.15) is 36.7 Å². The molecule has 2 rings (SSSR count). The summed E-state index contributed by atoms with van der Waals surface area (Å²) in [6, 6.07) is 12.2. The van der Waals surface area contributed by atoms with Crippen molar-refractivity contribution >= 4 is 17.1 Å². The number of carbonyl (C=O) groups excluding carboxylic acids is 1. The standard InChI is InChI=1S/C15H16O/c1-15(2,3)14-9-12-7-5-4-6-11(12)8-13(14)10-16/h4-10H,1-3H3. The summed E-state index contributed by atoms with van der Waals surface area (Å²) in [5.41, 5.74) is 1.91. The van der Waals surface area contributed by atoms with Gasteiger partial charge in [-0.2, -0.15) is 0 Å². The van der Waals surface area contributed by atoms with Gasteiger partial charge in [0.05, 0.1) is 0 Å². The maximum absolute atomic E-state index is 11.1. The van der Waals surface area contributed by atoms with E-state index in [1.807, 2.05) is 24.3 Å². The van der Waals surface area contributed by atoms with E-state index in [1.54, 1.807) is 0 Å². The van der Waals surface area contributed by atoms with Gasteiger partial charge in [0.25, 0.3) is 0 Å². The Hall–Kier alpha value is -1.63. The van der Waals surface area contributed by atoms with Gasteiger partial charge in [-0.05, 0) is 33.9 Å². The lowest BCUT2D eigenvalue weighted by Gasteiger charge is -2.21. The maximum atomic E-state index is 11.1. The molecule has 0 saturated heterocycles. The normalized spacial score (nSPS) is 11.7. The third-order valence-electron chi connectivity index (χ3n) is 2.85. The molecule has 0 aliphatic rings. The second-order valence-corrected chi connectivity index (χ2v) is 5.15. The zero-order chi connectivity index (χ0) is 11.8. The van der Waals surface area contributed by atoms with Gasteiger partial charge in [-0.3, -0.25) is 4.79 Å². The van der Waals surface area contributed by atoms with Crippen molar-refractivity contribution in [2.75, 3.05) is 0 Å². The molecule has 0 saturated carbocycles. The van der Waals surface area contributed by atoms with E-state index < -0.39 is 0 Å². The second-order valence-electron chi connectivity index (χ2n) is 5.15. The van der Waals surface area contributed by atoms with Gasteiger partial charge < -0.3 is 0 Å². The molecule has 0 N–H and O–H groups in total. The number of hydrogen-bond acceptors (Lipinski definition) is 1. The molecular weight excluding hydrogens is 196 g/mol. The Morgan fingerprint density at radius 1 is 1.00 bits per heavy atom. The van der Waals surface area contributed by atoms with Crippen molar-refractivity contribution in [1.29, 1.82) is 0 Å². The highest BCUT2D eigenvalue weighted by Crippen LogP contribution is 2.29. The molecule has 2 aromatic rings. The van der Waals surface area contributed by atoms with E-state index in [0.29, 0.717) is 0 Å². The van der Waals surface area contributed by atoms with E-state index in [0.717, 1.165) is 22.8 Å². The maximum Gasteiger partial charge on any atom is 0.150 e. The predicted octanol–water partition coefficient (Wildman–Crippen LogP) is 3.95. The predicted molar refractivity (Wildman–Crippen MR) is 68.0 cm³/mol. The molecule has 0 aromatic heterocycles. The van der Waals surface area contributed by atoms with Crippen molar-refractivity contribution in [3.63, 3.8) is 0 Å². The molecule has 2 aromatic carbocycles. The van der Waals surface area contributed by atoms with Crippen molar-refractivity contribution in [1.82, 2.24) is 0 Å². The number of hydrogen-bond donors (Lipinski definition) is 0. The van der Waals surface area contributed by atoms with Crippen molar-refractivity contribution in [3.05, 3.63) is 47.5 Å². The van der Waals surface area contributed by atoms with Gasteiger partial charge in [0, 0.05) is 5.56 Å². The second kappa shape index (κ2) is 3.75. The van der Waals surface area contributed by atoms with E-state index in [1.165, 1.54) is 5.39 Å². The van der Waals surface area contributed by atoms with Crippen molar-refractivity contribution in [2.24, 2.45) is 0 Å². The molecule has 82 valence electrons. The van der Waals surface area contributed by atoms with Crippen LogP contribution in [0.4, 0.5) is 0 Å². The Labute approximate surface area is 96.1 Å². The molecule has 0 heterocycles. The van der Waals surface area contributed by atoms with Crippen LogP contribution in [0, 0.1) is 0 Å². The van der Waals surface area contributed by atoms with Crippen LogP contribution in [-0.4, -0.2) is 6.29 Å². The Morgan fingerprint density at radius 3 is 2.06 bits per heavy atom. The number of aldehydes is 1. The van der Waals surface area contributed by atoms with Crippen molar-refractivity contribution in [3.8, 4) is 0 Å². The summed E-state index contributed by atoms with van der Waals surface area (Å²) >= 11 is 0. The van der Waals surface area contributed by atoms with Gasteiger partial charge in [0.1, 0.15) is 6.29 Å². The Bertz CT molecular complexity index is 533. The molecule has 0 radical (unpaired) electrons. The Morgan fingerprint density at radius 2 is 1.56 bits per heavy atom. The van der Waals surface area contributed by atoms with Crippen LogP contribution >= 0.6 is 0 Å². The highest BCUT2D eigenvalue weighted by Gasteiger charge is 2.18. The fourth-order valence-electron chi connectivity index (χ4n) is 2.00. The molecule has 1 nitrogen and oxygen atoms in total. The van der Waals surface area contributed by atoms with Gasteiger partial charge in [-0.1, -0.05) is 45.0 Å². The van der Waals surface area contributed by atoms with Crippen LogP contribution in [0.2, 0.25) is 0 Å². The summed E-state index contributed by atoms with van der Waals surface area (Å²) in [6.45, 7) is 6.39. The van der Waals surface area contributed by atoms with Crippen molar-refractivity contribution in [2.45, 2.75) is 26.2 Å². The molecular formula is C15H16O. The zero-order valence-electron chi connectivity index (χ0n) is 9.95. The first kappa shape index (κ1) is 10.9. The van der Waals surface area contributed by atoms with Gasteiger partial charge in [0.15, 0.2) is 0 Å². The summed E-state index contributed by atoms with van der Waals surface area (Å²) in [5, 5.41) is 2.32. The first-order valence-electron chi connectivity index (χ1n) is 5.51. The topological polar surface area (TPSA) is 17.1 Å². The number of carbonyl (C=O) groups is 1. The molecule has 0 bridgehead atoms. The summed E-state index contributed by atoms with van der Waals surface area (Å²) in [4.78, 5) is 11.1. The zero-order valence-corrected chi connectivity index (χ0v) is 9.95. The minimum Gasteiger partial charge on any atom is -0.298 e. The molecule has 0 aliphatic carbocycles. The van der Waals surface area contributed by atoms with Crippen LogP contribution in [0.25, 0.3) is 10.8 Å². The Balaban J connectivity index is 2.77. The van der Waals surface area contributed by atoms with Crippen LogP contribution in [0.3, 0.4) is 0 Å². The number of rotatable bonds is 1. The average molecular weight is 212 g/mol. The van der Waals surface area contributed by atoms with Gasteiger partial charge in [-0.15, -0.1) is 0 Å². The minimum absolute atomic E-state index is 0.000273. The van der Waals surface area contributed by atoms with Crippen LogP contribution < -0.4 is 0 Å². The van der Waals surface area contributed by atoms with E-state index in [2.05, 4.69) is 32.9 Å². The summed E-state index contributed by atoms with van der Waals surface area (Å²) in [5.74, 6) is 0. The number of benzene rings is 2. The summed E-state index contributed by atoms with van der Waals surface area (Å²) < 4.78 is 0. The Kier molecular flexibility index (Phi) is 2.55. The lowest BCUT2D eigenvalue weighted by atomic mass is 9.83. The lowest BCUT2D eigenvalue weighted by molar-refractivity contribution is 0.112. The fourth-order valence-corrected chi connectivity index (χ4v) is 2.00. The first-order valence-corrected chi connectivity index (χ1v) is 5.51. The third-order valence-corrected chi connectivity index (χ3v) is 2.85. The molecule has 0 fully saturated rings. The van der Waals surface area contributed by atoms with Crippen molar-refractivity contribution < 1.29 is 4.79 Å². The smallest absolute Gasteiger partial charge is 0.150 e. The average Bonchev–Trinajstić information content (AvgIpc) is 2.26. The highest BCUT2D eigenvalue weighted by atomic mass is 16.1. The quantitative estimate of drug-likeness (QED) is 0.654. The SMILES string of the molecule is CC(C)(C)c1cc2ccccc2cc1C=O. The van der Waals surface area contributed by atoms with E-state index in [-0.39, 0.29) is 5.41 Å². The van der Waals surface area contributed by atoms with E-state index >= 15 is 0 Å². The lowest BCUT2D eigenvalue weighted by Crippen LogP contribution is -2.14. The van der Waals surface area contributed by atoms with E-state index in [9.17, 15) is 4.79 Å². The van der Waals surface area contributed by atoms with Gasteiger partial charge in [-0.25, -0.2) is 0 Å². The monoisotopic (exact) mass is 212 g/mol. The number of fused-ring (bicyclic) bond motifs is 1. The van der Waals surface area contributed by atoms with Crippen LogP contribution in [0.15, 0.2) is 36.4 Å². The summed E-state index contributed by atoms with van der Waals surface area (Å²) in [6.07, 6.45) is 0.951. The minimum atomic E-state index is 0.000273. The molecule has 1 heteroatoms. The van der Waals surface area contributed by atoms with E-state index in [4.69, 9.17) is 0 Å². The van der Waals surface area contributed by atoms with Crippen LogP contribution in [-0.2, 0) is 5.41 Å².